The second-order valence-electron chi connectivity index (χ2n) is 6.04. The van der Waals surface area contributed by atoms with E-state index < -0.39 is 5.25 Å². The van der Waals surface area contributed by atoms with Crippen molar-refractivity contribution in [2.24, 2.45) is 4.99 Å². The lowest BCUT2D eigenvalue weighted by Crippen LogP contribution is -2.30. The van der Waals surface area contributed by atoms with Crippen molar-refractivity contribution >= 4 is 40.1 Å². The zero-order chi connectivity index (χ0) is 18.5. The maximum Gasteiger partial charge on any atom is 0.242 e. The molecule has 5 nitrogen and oxygen atoms in total. The predicted octanol–water partition coefficient (Wildman–Crippen LogP) is 3.84. The largest absolute Gasteiger partial charge is 0.326 e. The number of thioether (sulfide) groups is 1. The van der Waals surface area contributed by atoms with Crippen molar-refractivity contribution in [3.63, 3.8) is 0 Å². The minimum absolute atomic E-state index is 0.0952. The van der Waals surface area contributed by atoms with Crippen molar-refractivity contribution in [1.29, 1.82) is 0 Å². The van der Waals surface area contributed by atoms with Gasteiger partial charge in [-0.25, -0.2) is 4.99 Å². The summed E-state index contributed by atoms with van der Waals surface area (Å²) in [5.41, 5.74) is 2.78. The molecule has 1 N–H and O–H groups in total. The summed E-state index contributed by atoms with van der Waals surface area (Å²) < 4.78 is 0. The number of anilines is 1. The number of carbonyl (C=O) groups excluding carboxylic acids is 2. The first-order valence-corrected chi connectivity index (χ1v) is 9.41. The van der Waals surface area contributed by atoms with Gasteiger partial charge in [-0.2, -0.15) is 0 Å². The number of hydrogen-bond acceptors (Lipinski definition) is 4. The molecule has 2 aromatic carbocycles. The molecule has 0 unspecified atom stereocenters. The zero-order valence-corrected chi connectivity index (χ0v) is 15.6. The van der Waals surface area contributed by atoms with Crippen LogP contribution in [0.1, 0.15) is 18.9 Å². The number of amides is 2. The number of aryl methyl sites for hydroxylation is 1. The van der Waals surface area contributed by atoms with Crippen molar-refractivity contribution in [1.82, 2.24) is 4.90 Å². The Balaban J connectivity index is 1.66. The summed E-state index contributed by atoms with van der Waals surface area (Å²) >= 11 is 1.34. The predicted molar refractivity (Wildman–Crippen MR) is 107 cm³/mol. The summed E-state index contributed by atoms with van der Waals surface area (Å²) in [4.78, 5) is 30.7. The molecule has 1 aliphatic rings. The fourth-order valence-electron chi connectivity index (χ4n) is 2.62. The lowest BCUT2D eigenvalue weighted by atomic mass is 10.2. The first-order chi connectivity index (χ1) is 12.6. The van der Waals surface area contributed by atoms with Gasteiger partial charge in [-0.3, -0.25) is 14.5 Å². The number of hydrogen-bond donors (Lipinski definition) is 1. The van der Waals surface area contributed by atoms with Crippen LogP contribution < -0.4 is 5.32 Å². The molecule has 6 heteroatoms. The summed E-state index contributed by atoms with van der Waals surface area (Å²) in [5, 5.41) is 2.99. The Morgan fingerprint density at radius 3 is 2.50 bits per heavy atom. The Hall–Kier alpha value is -2.60. The van der Waals surface area contributed by atoms with Gasteiger partial charge in [0.05, 0.1) is 5.69 Å². The zero-order valence-electron chi connectivity index (χ0n) is 14.8. The number of nitrogens with one attached hydrogen (secondary N) is 1. The number of para-hydroxylation sites is 1. The molecule has 0 spiro atoms. The molecule has 0 bridgehead atoms. The highest BCUT2D eigenvalue weighted by Crippen LogP contribution is 2.30. The molecule has 0 saturated carbocycles. The van der Waals surface area contributed by atoms with Crippen LogP contribution in [0.2, 0.25) is 0 Å². The van der Waals surface area contributed by atoms with Crippen molar-refractivity contribution in [3.8, 4) is 0 Å². The van der Waals surface area contributed by atoms with Crippen LogP contribution in [0.25, 0.3) is 0 Å². The van der Waals surface area contributed by atoms with Gasteiger partial charge in [0.2, 0.25) is 11.8 Å². The Morgan fingerprint density at radius 2 is 1.85 bits per heavy atom. The molecule has 1 saturated heterocycles. The molecule has 1 fully saturated rings. The van der Waals surface area contributed by atoms with Crippen LogP contribution in [-0.2, 0) is 16.0 Å². The van der Waals surface area contributed by atoms with E-state index in [1.807, 2.05) is 54.6 Å². The summed E-state index contributed by atoms with van der Waals surface area (Å²) in [6, 6.07) is 17.2. The van der Waals surface area contributed by atoms with Crippen LogP contribution in [0.5, 0.6) is 0 Å². The topological polar surface area (TPSA) is 61.8 Å². The van der Waals surface area contributed by atoms with E-state index in [2.05, 4.69) is 17.2 Å². The summed E-state index contributed by atoms with van der Waals surface area (Å²) in [6.45, 7) is 2.10. The monoisotopic (exact) mass is 367 g/mol. The molecule has 3 rings (SSSR count). The van der Waals surface area contributed by atoms with E-state index in [0.29, 0.717) is 5.17 Å². The van der Waals surface area contributed by atoms with E-state index in [1.54, 1.807) is 7.05 Å². The van der Waals surface area contributed by atoms with E-state index in [0.717, 1.165) is 17.8 Å². The normalized spacial score (nSPS) is 18.4. The van der Waals surface area contributed by atoms with Gasteiger partial charge in [0.1, 0.15) is 5.25 Å². The van der Waals surface area contributed by atoms with E-state index >= 15 is 0 Å². The Labute approximate surface area is 157 Å². The SMILES string of the molecule is CCc1ccc(N=C2S[C@@H](CC(=O)Nc3ccccc3)C(=O)N2C)cc1. The average molecular weight is 367 g/mol. The minimum atomic E-state index is -0.447. The lowest BCUT2D eigenvalue weighted by Gasteiger charge is -2.09. The first kappa shape index (κ1) is 18.2. The molecule has 26 heavy (non-hydrogen) atoms. The van der Waals surface area contributed by atoms with E-state index in [9.17, 15) is 9.59 Å². The van der Waals surface area contributed by atoms with E-state index in [1.165, 1.54) is 22.2 Å². The van der Waals surface area contributed by atoms with Crippen LogP contribution in [0.15, 0.2) is 59.6 Å². The van der Waals surface area contributed by atoms with Gasteiger partial charge in [0.25, 0.3) is 0 Å². The second kappa shape index (κ2) is 8.19. The van der Waals surface area contributed by atoms with Gasteiger partial charge in [-0.15, -0.1) is 0 Å². The smallest absolute Gasteiger partial charge is 0.242 e. The molecule has 1 heterocycles. The molecule has 0 radical (unpaired) electrons. The average Bonchev–Trinajstić information content (AvgIpc) is 2.91. The summed E-state index contributed by atoms with van der Waals surface area (Å²) in [5.74, 6) is -0.272. The number of nitrogens with zero attached hydrogens (tertiary/aromatic N) is 2. The van der Waals surface area contributed by atoms with Crippen molar-refractivity contribution in [2.75, 3.05) is 12.4 Å². The number of benzene rings is 2. The Bertz CT molecular complexity index is 819. The standard InChI is InChI=1S/C20H21N3O2S/c1-3-14-9-11-16(12-10-14)22-20-23(2)19(25)17(26-20)13-18(24)21-15-7-5-4-6-8-15/h4-12,17H,3,13H2,1-2H3,(H,21,24)/t17-/m0/s1. The van der Waals surface area contributed by atoms with E-state index in [-0.39, 0.29) is 18.2 Å². The molecular formula is C20H21N3O2S. The molecule has 0 aliphatic carbocycles. The second-order valence-corrected chi connectivity index (χ2v) is 7.21. The van der Waals surface area contributed by atoms with Gasteiger partial charge >= 0.3 is 0 Å². The summed E-state index contributed by atoms with van der Waals surface area (Å²) in [6.07, 6.45) is 1.10. The highest BCUT2D eigenvalue weighted by atomic mass is 32.2. The van der Waals surface area contributed by atoms with Crippen LogP contribution in [-0.4, -0.2) is 34.2 Å². The Morgan fingerprint density at radius 1 is 1.15 bits per heavy atom. The Kier molecular flexibility index (Phi) is 5.73. The van der Waals surface area contributed by atoms with Crippen molar-refractivity contribution in [3.05, 3.63) is 60.2 Å². The molecular weight excluding hydrogens is 346 g/mol. The fourth-order valence-corrected chi connectivity index (χ4v) is 3.77. The van der Waals surface area contributed by atoms with Crippen LogP contribution in [0.3, 0.4) is 0 Å². The fraction of sp³-hybridized carbons (Fsp3) is 0.250. The molecule has 1 atom stereocenters. The highest BCUT2D eigenvalue weighted by Gasteiger charge is 2.36. The first-order valence-electron chi connectivity index (χ1n) is 8.53. The third-order valence-electron chi connectivity index (χ3n) is 4.14. The molecule has 2 amide bonds. The molecule has 134 valence electrons. The number of aliphatic imine (C=N–C) groups is 1. The van der Waals surface area contributed by atoms with Gasteiger partial charge in [0, 0.05) is 19.2 Å². The number of amidine groups is 1. The number of rotatable bonds is 5. The maximum absolute atomic E-state index is 12.4. The van der Waals surface area contributed by atoms with Gasteiger partial charge in [-0.1, -0.05) is 49.0 Å². The number of carbonyl (C=O) groups is 2. The molecule has 1 aliphatic heterocycles. The summed E-state index contributed by atoms with van der Waals surface area (Å²) in [7, 11) is 1.70. The third-order valence-corrected chi connectivity index (χ3v) is 5.37. The maximum atomic E-state index is 12.4. The lowest BCUT2D eigenvalue weighted by molar-refractivity contribution is -0.127. The van der Waals surface area contributed by atoms with Crippen molar-refractivity contribution < 1.29 is 9.59 Å². The van der Waals surface area contributed by atoms with Crippen LogP contribution >= 0.6 is 11.8 Å². The van der Waals surface area contributed by atoms with Crippen LogP contribution in [0.4, 0.5) is 11.4 Å². The van der Waals surface area contributed by atoms with Crippen LogP contribution in [0, 0.1) is 0 Å². The van der Waals surface area contributed by atoms with Gasteiger partial charge in [0.15, 0.2) is 5.17 Å². The van der Waals surface area contributed by atoms with Crippen molar-refractivity contribution in [2.45, 2.75) is 25.0 Å². The van der Waals surface area contributed by atoms with E-state index in [4.69, 9.17) is 0 Å². The third kappa shape index (κ3) is 4.32. The van der Waals surface area contributed by atoms with Gasteiger partial charge in [-0.05, 0) is 36.2 Å². The highest BCUT2D eigenvalue weighted by molar-refractivity contribution is 8.15. The molecule has 2 aromatic rings. The quantitative estimate of drug-likeness (QED) is 0.873. The molecule has 0 aromatic heterocycles. The van der Waals surface area contributed by atoms with Gasteiger partial charge < -0.3 is 5.32 Å². The minimum Gasteiger partial charge on any atom is -0.326 e.